The first-order valence-electron chi connectivity index (χ1n) is 9.39. The van der Waals surface area contributed by atoms with Crippen LogP contribution in [0.1, 0.15) is 47.4 Å². The number of carbonyl (C=O) groups is 2. The zero-order valence-corrected chi connectivity index (χ0v) is 14.9. The van der Waals surface area contributed by atoms with Crippen LogP contribution < -0.4 is 5.73 Å². The van der Waals surface area contributed by atoms with Crippen LogP contribution in [-0.4, -0.2) is 29.3 Å². The number of nitrogens with zero attached hydrogens (tertiary/aromatic N) is 1. The lowest BCUT2D eigenvalue weighted by molar-refractivity contribution is -0.137. The molecule has 0 bridgehead atoms. The van der Waals surface area contributed by atoms with E-state index in [0.717, 1.165) is 19.3 Å². The molecule has 2 aliphatic rings. The number of hydrogen-bond donors (Lipinski definition) is 1. The molecule has 0 saturated carbocycles. The van der Waals surface area contributed by atoms with E-state index in [1.54, 1.807) is 4.90 Å². The van der Waals surface area contributed by atoms with Gasteiger partial charge in [-0.05, 0) is 47.9 Å². The van der Waals surface area contributed by atoms with Gasteiger partial charge in [0.25, 0.3) is 0 Å². The molecule has 0 radical (unpaired) electrons. The summed E-state index contributed by atoms with van der Waals surface area (Å²) >= 11 is 0. The summed E-state index contributed by atoms with van der Waals surface area (Å²) in [6.45, 7) is 0.627. The number of carbonyl (C=O) groups excluding carboxylic acids is 2. The molecule has 2 aromatic carbocycles. The minimum atomic E-state index is -0.446. The molecule has 1 atom stereocenters. The van der Waals surface area contributed by atoms with E-state index in [2.05, 4.69) is 36.4 Å². The van der Waals surface area contributed by atoms with Gasteiger partial charge < -0.3 is 10.6 Å². The van der Waals surface area contributed by atoms with Gasteiger partial charge in [0.1, 0.15) is 6.04 Å². The van der Waals surface area contributed by atoms with Gasteiger partial charge in [0, 0.05) is 18.9 Å². The standard InChI is InChI=1S/C22H24N2O2/c23-22(26)20-10-5-13-24(20)21(25)14-19-17-8-3-1-6-15(17)11-12-16-7-2-4-9-18(16)19/h1-4,6-9,19-20H,5,10-14H2,(H2,23,26)/t20-/m0/s1. The zero-order valence-electron chi connectivity index (χ0n) is 14.9. The second kappa shape index (κ2) is 6.94. The molecule has 0 unspecified atom stereocenters. The summed E-state index contributed by atoms with van der Waals surface area (Å²) < 4.78 is 0. The molecule has 0 spiro atoms. The van der Waals surface area contributed by atoms with Gasteiger partial charge in [-0.15, -0.1) is 0 Å². The van der Waals surface area contributed by atoms with Gasteiger partial charge in [-0.3, -0.25) is 9.59 Å². The molecule has 4 rings (SSSR count). The fraction of sp³-hybridized carbons (Fsp3) is 0.364. The van der Waals surface area contributed by atoms with Crippen LogP contribution in [0.5, 0.6) is 0 Å². The molecule has 2 aromatic rings. The van der Waals surface area contributed by atoms with Crippen LogP contribution in [0, 0.1) is 0 Å². The molecular weight excluding hydrogens is 324 g/mol. The fourth-order valence-electron chi connectivity index (χ4n) is 4.51. The van der Waals surface area contributed by atoms with Crippen molar-refractivity contribution in [2.45, 2.75) is 44.1 Å². The Hall–Kier alpha value is -2.62. The monoisotopic (exact) mass is 348 g/mol. The van der Waals surface area contributed by atoms with Crippen LogP contribution in [0.2, 0.25) is 0 Å². The van der Waals surface area contributed by atoms with Crippen molar-refractivity contribution < 1.29 is 9.59 Å². The molecule has 1 saturated heterocycles. The van der Waals surface area contributed by atoms with Gasteiger partial charge in [-0.1, -0.05) is 48.5 Å². The van der Waals surface area contributed by atoms with E-state index in [0.29, 0.717) is 19.4 Å². The predicted molar refractivity (Wildman–Crippen MR) is 101 cm³/mol. The lowest BCUT2D eigenvalue weighted by Crippen LogP contribution is -2.44. The van der Waals surface area contributed by atoms with E-state index in [-0.39, 0.29) is 11.8 Å². The van der Waals surface area contributed by atoms with Gasteiger partial charge >= 0.3 is 0 Å². The van der Waals surface area contributed by atoms with E-state index in [4.69, 9.17) is 5.73 Å². The highest BCUT2D eigenvalue weighted by atomic mass is 16.2. The highest BCUT2D eigenvalue weighted by Crippen LogP contribution is 2.37. The van der Waals surface area contributed by atoms with Crippen molar-refractivity contribution in [3.63, 3.8) is 0 Å². The molecule has 4 nitrogen and oxygen atoms in total. The van der Waals surface area contributed by atoms with Crippen LogP contribution >= 0.6 is 0 Å². The highest BCUT2D eigenvalue weighted by Gasteiger charge is 2.35. The van der Waals surface area contributed by atoms with Crippen molar-refractivity contribution in [2.75, 3.05) is 6.54 Å². The van der Waals surface area contributed by atoms with Gasteiger partial charge in [0.15, 0.2) is 0 Å². The number of aryl methyl sites for hydroxylation is 2. The van der Waals surface area contributed by atoms with Gasteiger partial charge in [-0.2, -0.15) is 0 Å². The molecule has 0 aromatic heterocycles. The molecule has 2 amide bonds. The van der Waals surface area contributed by atoms with E-state index < -0.39 is 11.9 Å². The molecule has 1 fully saturated rings. The Morgan fingerprint density at radius 2 is 1.54 bits per heavy atom. The average molecular weight is 348 g/mol. The minimum Gasteiger partial charge on any atom is -0.368 e. The number of likely N-dealkylation sites (tertiary alicyclic amines) is 1. The lowest BCUT2D eigenvalue weighted by Gasteiger charge is -2.26. The maximum atomic E-state index is 13.1. The third-order valence-electron chi connectivity index (χ3n) is 5.81. The molecule has 26 heavy (non-hydrogen) atoms. The number of nitrogens with two attached hydrogens (primary N) is 1. The molecular formula is C22H24N2O2. The van der Waals surface area contributed by atoms with Crippen molar-refractivity contribution in [3.05, 3.63) is 70.8 Å². The van der Waals surface area contributed by atoms with E-state index in [1.165, 1.54) is 22.3 Å². The number of primary amides is 1. The SMILES string of the molecule is NC(=O)[C@@H]1CCCN1C(=O)CC1c2ccccc2CCc2ccccc21. The smallest absolute Gasteiger partial charge is 0.240 e. The van der Waals surface area contributed by atoms with Crippen molar-refractivity contribution >= 4 is 11.8 Å². The maximum Gasteiger partial charge on any atom is 0.240 e. The summed E-state index contributed by atoms with van der Waals surface area (Å²) in [5, 5.41) is 0. The van der Waals surface area contributed by atoms with Crippen molar-refractivity contribution in [1.82, 2.24) is 4.90 Å². The first-order chi connectivity index (χ1) is 12.6. The quantitative estimate of drug-likeness (QED) is 0.927. The van der Waals surface area contributed by atoms with Crippen LogP contribution in [0.25, 0.3) is 0 Å². The second-order valence-corrected chi connectivity index (χ2v) is 7.30. The molecule has 1 aliphatic carbocycles. The Labute approximate surface area is 154 Å². The van der Waals surface area contributed by atoms with Crippen molar-refractivity contribution in [2.24, 2.45) is 5.73 Å². The zero-order chi connectivity index (χ0) is 18.1. The number of fused-ring (bicyclic) bond motifs is 2. The molecule has 1 aliphatic heterocycles. The largest absolute Gasteiger partial charge is 0.368 e. The second-order valence-electron chi connectivity index (χ2n) is 7.30. The third-order valence-corrected chi connectivity index (χ3v) is 5.81. The lowest BCUT2D eigenvalue weighted by atomic mass is 9.85. The third kappa shape index (κ3) is 3.00. The summed E-state index contributed by atoms with van der Waals surface area (Å²) in [5.74, 6) is -0.327. The maximum absolute atomic E-state index is 13.1. The minimum absolute atomic E-state index is 0.0304. The first kappa shape index (κ1) is 16.8. The topological polar surface area (TPSA) is 63.4 Å². The number of amides is 2. The van der Waals surface area contributed by atoms with Gasteiger partial charge in [0.05, 0.1) is 0 Å². The predicted octanol–water partition coefficient (Wildman–Crippen LogP) is 2.78. The van der Waals surface area contributed by atoms with E-state index in [1.807, 2.05) is 12.1 Å². The number of benzene rings is 2. The summed E-state index contributed by atoms with van der Waals surface area (Å²) in [6.07, 6.45) is 3.89. The molecule has 1 heterocycles. The summed E-state index contributed by atoms with van der Waals surface area (Å²) in [7, 11) is 0. The Morgan fingerprint density at radius 3 is 2.12 bits per heavy atom. The Balaban J connectivity index is 1.69. The Morgan fingerprint density at radius 1 is 0.962 bits per heavy atom. The summed E-state index contributed by atoms with van der Waals surface area (Å²) in [6, 6.07) is 16.4. The molecule has 4 heteroatoms. The summed E-state index contributed by atoms with van der Waals surface area (Å²) in [5.41, 5.74) is 10.6. The first-order valence-corrected chi connectivity index (χ1v) is 9.39. The highest BCUT2D eigenvalue weighted by molar-refractivity contribution is 5.87. The van der Waals surface area contributed by atoms with Crippen LogP contribution in [0.15, 0.2) is 48.5 Å². The van der Waals surface area contributed by atoms with Gasteiger partial charge in [0.2, 0.25) is 11.8 Å². The van der Waals surface area contributed by atoms with Crippen LogP contribution in [0.3, 0.4) is 0 Å². The van der Waals surface area contributed by atoms with E-state index >= 15 is 0 Å². The Bertz CT molecular complexity index is 798. The van der Waals surface area contributed by atoms with Crippen molar-refractivity contribution in [3.8, 4) is 0 Å². The fourth-order valence-corrected chi connectivity index (χ4v) is 4.51. The van der Waals surface area contributed by atoms with Gasteiger partial charge in [-0.25, -0.2) is 0 Å². The summed E-state index contributed by atoms with van der Waals surface area (Å²) in [4.78, 5) is 26.5. The number of rotatable bonds is 3. The molecule has 134 valence electrons. The molecule has 2 N–H and O–H groups in total. The average Bonchev–Trinajstić information content (AvgIpc) is 3.10. The van der Waals surface area contributed by atoms with Crippen LogP contribution in [0.4, 0.5) is 0 Å². The van der Waals surface area contributed by atoms with E-state index in [9.17, 15) is 9.59 Å². The van der Waals surface area contributed by atoms with Crippen LogP contribution in [-0.2, 0) is 22.4 Å². The normalized spacial score (nSPS) is 19.5. The van der Waals surface area contributed by atoms with Crippen molar-refractivity contribution in [1.29, 1.82) is 0 Å². The Kier molecular flexibility index (Phi) is 4.49. The number of hydrogen-bond acceptors (Lipinski definition) is 2.